The molecule has 1 aromatic carbocycles. The van der Waals surface area contributed by atoms with Gasteiger partial charge in [0.05, 0.1) is 12.2 Å². The summed E-state index contributed by atoms with van der Waals surface area (Å²) >= 11 is 0. The van der Waals surface area contributed by atoms with Crippen molar-refractivity contribution in [1.82, 2.24) is 5.32 Å². The summed E-state index contributed by atoms with van der Waals surface area (Å²) in [6.45, 7) is 7.35. The van der Waals surface area contributed by atoms with Crippen LogP contribution in [0.3, 0.4) is 0 Å². The number of hydrogen-bond acceptors (Lipinski definition) is 3. The first-order valence-electron chi connectivity index (χ1n) is 8.10. The van der Waals surface area contributed by atoms with Gasteiger partial charge in [0.15, 0.2) is 0 Å². The fourth-order valence-electron chi connectivity index (χ4n) is 3.84. The van der Waals surface area contributed by atoms with E-state index in [2.05, 4.69) is 44.3 Å². The Morgan fingerprint density at radius 1 is 1.38 bits per heavy atom. The first-order valence-corrected chi connectivity index (χ1v) is 8.10. The minimum atomic E-state index is -0.0844. The van der Waals surface area contributed by atoms with E-state index in [9.17, 15) is 0 Å². The number of hydrogen-bond donors (Lipinski definition) is 1. The Kier molecular flexibility index (Phi) is 3.74. The zero-order valence-electron chi connectivity index (χ0n) is 13.7. The van der Waals surface area contributed by atoms with Crippen molar-refractivity contribution in [3.8, 4) is 5.75 Å². The molecule has 0 aromatic heterocycles. The first kappa shape index (κ1) is 14.9. The van der Waals surface area contributed by atoms with Crippen molar-refractivity contribution in [1.29, 1.82) is 0 Å². The lowest BCUT2D eigenvalue weighted by Crippen LogP contribution is -2.53. The Morgan fingerprint density at radius 3 is 2.90 bits per heavy atom. The summed E-state index contributed by atoms with van der Waals surface area (Å²) in [5.74, 6) is 1.05. The summed E-state index contributed by atoms with van der Waals surface area (Å²) in [5.41, 5.74) is 2.45. The van der Waals surface area contributed by atoms with Crippen LogP contribution in [0, 0.1) is 6.92 Å². The first-order chi connectivity index (χ1) is 9.99. The summed E-state index contributed by atoms with van der Waals surface area (Å²) in [4.78, 5) is 0. The van der Waals surface area contributed by atoms with Crippen molar-refractivity contribution in [2.75, 3.05) is 13.7 Å². The number of nitrogens with one attached hydrogen (secondary N) is 1. The van der Waals surface area contributed by atoms with Gasteiger partial charge >= 0.3 is 0 Å². The molecule has 0 amide bonds. The molecule has 0 aliphatic carbocycles. The average Bonchev–Trinajstić information content (AvgIpc) is 2.47. The fraction of sp³-hybridized carbons (Fsp3) is 0.667. The Hall–Kier alpha value is -1.06. The molecule has 3 atom stereocenters. The molecule has 3 nitrogen and oxygen atoms in total. The van der Waals surface area contributed by atoms with Crippen LogP contribution in [0.4, 0.5) is 0 Å². The van der Waals surface area contributed by atoms with Crippen LogP contribution in [0.15, 0.2) is 18.2 Å². The van der Waals surface area contributed by atoms with Crippen molar-refractivity contribution < 1.29 is 9.47 Å². The topological polar surface area (TPSA) is 30.5 Å². The number of fused-ring (bicyclic) bond motifs is 1. The highest BCUT2D eigenvalue weighted by atomic mass is 16.5. The largest absolute Gasteiger partial charge is 0.487 e. The van der Waals surface area contributed by atoms with E-state index in [-0.39, 0.29) is 11.2 Å². The van der Waals surface area contributed by atoms with E-state index >= 15 is 0 Å². The standard InChI is InChI=1S/C18H27NO2/c1-5-17(3)12-18(8-9-20-17)11-15(19-4)14-10-13(2)6-7-16(14)21-18/h6-7,10,15,19H,5,8-9,11-12H2,1-4H3. The molecule has 1 aromatic rings. The van der Waals surface area contributed by atoms with Crippen molar-refractivity contribution in [2.45, 2.75) is 63.7 Å². The normalized spacial score (nSPS) is 35.3. The SMILES string of the molecule is CCC1(C)CC2(CCO1)CC(NC)c1cc(C)ccc1O2. The predicted octanol–water partition coefficient (Wildman–Crippen LogP) is 3.76. The Balaban J connectivity index is 1.94. The smallest absolute Gasteiger partial charge is 0.124 e. The lowest BCUT2D eigenvalue weighted by atomic mass is 9.75. The summed E-state index contributed by atoms with van der Waals surface area (Å²) in [7, 11) is 2.05. The second kappa shape index (κ2) is 5.29. The van der Waals surface area contributed by atoms with E-state index in [0.29, 0.717) is 6.04 Å². The van der Waals surface area contributed by atoms with Crippen molar-refractivity contribution in [3.63, 3.8) is 0 Å². The zero-order valence-corrected chi connectivity index (χ0v) is 13.7. The van der Waals surface area contributed by atoms with E-state index < -0.39 is 0 Å². The maximum Gasteiger partial charge on any atom is 0.124 e. The zero-order chi connectivity index (χ0) is 15.1. The minimum Gasteiger partial charge on any atom is -0.487 e. The van der Waals surface area contributed by atoms with Gasteiger partial charge in [-0.1, -0.05) is 24.6 Å². The molecule has 2 aliphatic rings. The van der Waals surface area contributed by atoms with Crippen LogP contribution in [0.25, 0.3) is 0 Å². The van der Waals surface area contributed by atoms with Crippen LogP contribution >= 0.6 is 0 Å². The highest BCUT2D eigenvalue weighted by Gasteiger charge is 2.48. The summed E-state index contributed by atoms with van der Waals surface area (Å²) in [6, 6.07) is 6.90. The van der Waals surface area contributed by atoms with E-state index in [1.54, 1.807) is 0 Å². The van der Waals surface area contributed by atoms with Gasteiger partial charge in [0.1, 0.15) is 11.4 Å². The third-order valence-corrected chi connectivity index (χ3v) is 5.24. The molecule has 1 N–H and O–H groups in total. The van der Waals surface area contributed by atoms with Gasteiger partial charge < -0.3 is 14.8 Å². The molecule has 0 radical (unpaired) electrons. The maximum atomic E-state index is 6.52. The molecule has 0 saturated carbocycles. The van der Waals surface area contributed by atoms with Crippen molar-refractivity contribution >= 4 is 0 Å². The second-order valence-electron chi connectivity index (χ2n) is 6.95. The molecule has 3 unspecified atom stereocenters. The molecule has 3 heteroatoms. The number of benzene rings is 1. The van der Waals surface area contributed by atoms with Crippen LogP contribution in [0.1, 0.15) is 56.7 Å². The third-order valence-electron chi connectivity index (χ3n) is 5.24. The Labute approximate surface area is 128 Å². The fourth-order valence-corrected chi connectivity index (χ4v) is 3.84. The minimum absolute atomic E-state index is 0.0568. The Bertz CT molecular complexity index is 530. The average molecular weight is 289 g/mol. The lowest BCUT2D eigenvalue weighted by molar-refractivity contribution is -0.152. The molecule has 1 spiro atoms. The Morgan fingerprint density at radius 2 is 2.19 bits per heavy atom. The van der Waals surface area contributed by atoms with E-state index in [1.165, 1.54) is 11.1 Å². The number of ether oxygens (including phenoxy) is 2. The molecule has 116 valence electrons. The summed E-state index contributed by atoms with van der Waals surface area (Å²) in [5, 5.41) is 3.48. The third kappa shape index (κ3) is 2.69. The predicted molar refractivity (Wildman–Crippen MR) is 84.8 cm³/mol. The molecular weight excluding hydrogens is 262 g/mol. The van der Waals surface area contributed by atoms with Crippen LogP contribution < -0.4 is 10.1 Å². The molecule has 1 saturated heterocycles. The molecule has 3 rings (SSSR count). The van der Waals surface area contributed by atoms with E-state index in [0.717, 1.165) is 38.0 Å². The van der Waals surface area contributed by atoms with E-state index in [1.807, 2.05) is 7.05 Å². The molecular formula is C18H27NO2. The van der Waals surface area contributed by atoms with Crippen molar-refractivity contribution in [2.24, 2.45) is 0 Å². The van der Waals surface area contributed by atoms with Gasteiger partial charge in [0.2, 0.25) is 0 Å². The van der Waals surface area contributed by atoms with Crippen LogP contribution in [-0.2, 0) is 4.74 Å². The van der Waals surface area contributed by atoms with Crippen LogP contribution in [0.5, 0.6) is 5.75 Å². The van der Waals surface area contributed by atoms with Gasteiger partial charge in [-0.2, -0.15) is 0 Å². The molecule has 2 heterocycles. The van der Waals surface area contributed by atoms with E-state index in [4.69, 9.17) is 9.47 Å². The van der Waals surface area contributed by atoms with Crippen molar-refractivity contribution in [3.05, 3.63) is 29.3 Å². The maximum absolute atomic E-state index is 6.52. The van der Waals surface area contributed by atoms with Gasteiger partial charge in [0.25, 0.3) is 0 Å². The van der Waals surface area contributed by atoms with Gasteiger partial charge in [-0.25, -0.2) is 0 Å². The van der Waals surface area contributed by atoms with Gasteiger partial charge in [-0.05, 0) is 33.4 Å². The molecule has 0 bridgehead atoms. The monoisotopic (exact) mass is 289 g/mol. The number of aryl methyl sites for hydroxylation is 1. The van der Waals surface area contributed by atoms with Gasteiger partial charge in [0, 0.05) is 30.9 Å². The molecule has 1 fully saturated rings. The summed E-state index contributed by atoms with van der Waals surface area (Å²) in [6.07, 6.45) is 4.01. The highest BCUT2D eigenvalue weighted by Crippen LogP contribution is 2.47. The second-order valence-corrected chi connectivity index (χ2v) is 6.95. The highest BCUT2D eigenvalue weighted by molar-refractivity contribution is 5.42. The molecule has 2 aliphatic heterocycles. The quantitative estimate of drug-likeness (QED) is 0.899. The van der Waals surface area contributed by atoms with Crippen LogP contribution in [-0.4, -0.2) is 24.9 Å². The molecule has 21 heavy (non-hydrogen) atoms. The van der Waals surface area contributed by atoms with Crippen LogP contribution in [0.2, 0.25) is 0 Å². The lowest BCUT2D eigenvalue weighted by Gasteiger charge is -2.50. The number of rotatable bonds is 2. The summed E-state index contributed by atoms with van der Waals surface area (Å²) < 4.78 is 12.5. The van der Waals surface area contributed by atoms with Gasteiger partial charge in [-0.15, -0.1) is 0 Å². The van der Waals surface area contributed by atoms with Gasteiger partial charge in [-0.3, -0.25) is 0 Å².